The summed E-state index contributed by atoms with van der Waals surface area (Å²) in [5, 5.41) is 2.93. The molecule has 0 spiro atoms. The fraction of sp³-hybridized carbons (Fsp3) is 0.846. The van der Waals surface area contributed by atoms with E-state index in [4.69, 9.17) is 4.74 Å². The standard InChI is InChI=1S/C13H23NO3/c1-3-10(4-2)14-13(16)9-17-12-7-5-11(15)6-8-12/h10,12H,3-9H2,1-2H3,(H,14,16). The molecule has 1 saturated carbocycles. The topological polar surface area (TPSA) is 55.4 Å². The maximum absolute atomic E-state index is 11.6. The molecule has 0 aromatic rings. The summed E-state index contributed by atoms with van der Waals surface area (Å²) >= 11 is 0. The summed E-state index contributed by atoms with van der Waals surface area (Å²) in [6.07, 6.45) is 4.69. The van der Waals surface area contributed by atoms with E-state index in [2.05, 4.69) is 19.2 Å². The SMILES string of the molecule is CCC(CC)NC(=O)COC1CCC(=O)CC1. The van der Waals surface area contributed by atoms with E-state index in [9.17, 15) is 9.59 Å². The monoisotopic (exact) mass is 241 g/mol. The molecular formula is C13H23NO3. The minimum absolute atomic E-state index is 0.0457. The number of carbonyl (C=O) groups excluding carboxylic acids is 2. The Labute approximate surface area is 103 Å². The van der Waals surface area contributed by atoms with E-state index in [-0.39, 0.29) is 24.7 Å². The maximum Gasteiger partial charge on any atom is 0.246 e. The molecule has 0 radical (unpaired) electrons. The summed E-state index contributed by atoms with van der Waals surface area (Å²) < 4.78 is 5.52. The fourth-order valence-electron chi connectivity index (χ4n) is 2.04. The van der Waals surface area contributed by atoms with Crippen LogP contribution in [-0.2, 0) is 14.3 Å². The Morgan fingerprint density at radius 1 is 1.35 bits per heavy atom. The molecule has 98 valence electrons. The van der Waals surface area contributed by atoms with Crippen molar-refractivity contribution in [3.8, 4) is 0 Å². The molecule has 0 atom stereocenters. The summed E-state index contributed by atoms with van der Waals surface area (Å²) in [6.45, 7) is 4.24. The van der Waals surface area contributed by atoms with Crippen molar-refractivity contribution in [3.63, 3.8) is 0 Å². The van der Waals surface area contributed by atoms with Crippen LogP contribution < -0.4 is 5.32 Å². The van der Waals surface area contributed by atoms with Gasteiger partial charge in [0.25, 0.3) is 0 Å². The predicted octanol–water partition coefficient (Wildman–Crippen LogP) is 1.82. The molecule has 4 nitrogen and oxygen atoms in total. The van der Waals surface area contributed by atoms with Crippen molar-refractivity contribution in [1.29, 1.82) is 0 Å². The minimum Gasteiger partial charge on any atom is -0.368 e. The third-order valence-corrected chi connectivity index (χ3v) is 3.29. The number of hydrogen-bond donors (Lipinski definition) is 1. The van der Waals surface area contributed by atoms with Gasteiger partial charge in [0, 0.05) is 18.9 Å². The van der Waals surface area contributed by atoms with E-state index in [0.717, 1.165) is 25.7 Å². The number of ketones is 1. The van der Waals surface area contributed by atoms with E-state index in [1.54, 1.807) is 0 Å². The number of hydrogen-bond acceptors (Lipinski definition) is 3. The molecule has 0 aliphatic heterocycles. The molecule has 0 heterocycles. The smallest absolute Gasteiger partial charge is 0.246 e. The molecule has 17 heavy (non-hydrogen) atoms. The van der Waals surface area contributed by atoms with Crippen LogP contribution in [0.5, 0.6) is 0 Å². The lowest BCUT2D eigenvalue weighted by molar-refractivity contribution is -0.130. The molecule has 0 saturated heterocycles. The highest BCUT2D eigenvalue weighted by molar-refractivity contribution is 5.79. The van der Waals surface area contributed by atoms with Crippen LogP contribution in [0.2, 0.25) is 0 Å². The van der Waals surface area contributed by atoms with Crippen LogP contribution in [0, 0.1) is 0 Å². The Bertz CT molecular complexity index is 251. The second-order valence-electron chi connectivity index (χ2n) is 4.63. The highest BCUT2D eigenvalue weighted by Gasteiger charge is 2.20. The van der Waals surface area contributed by atoms with Crippen molar-refractivity contribution >= 4 is 11.7 Å². The number of amides is 1. The first kappa shape index (κ1) is 14.2. The van der Waals surface area contributed by atoms with Gasteiger partial charge in [-0.25, -0.2) is 0 Å². The van der Waals surface area contributed by atoms with Crippen molar-refractivity contribution in [2.75, 3.05) is 6.61 Å². The molecular weight excluding hydrogens is 218 g/mol. The summed E-state index contributed by atoms with van der Waals surface area (Å²) in [6, 6.07) is 0.249. The zero-order chi connectivity index (χ0) is 12.7. The van der Waals surface area contributed by atoms with Gasteiger partial charge >= 0.3 is 0 Å². The van der Waals surface area contributed by atoms with Crippen LogP contribution in [0.3, 0.4) is 0 Å². The molecule has 4 heteroatoms. The first-order chi connectivity index (χ1) is 8.15. The van der Waals surface area contributed by atoms with E-state index in [0.29, 0.717) is 18.6 Å². The van der Waals surface area contributed by atoms with Gasteiger partial charge in [-0.15, -0.1) is 0 Å². The molecule has 1 aliphatic rings. The Kier molecular flexibility index (Phi) is 6.19. The second-order valence-corrected chi connectivity index (χ2v) is 4.63. The average Bonchev–Trinajstić information content (AvgIpc) is 2.35. The highest BCUT2D eigenvalue weighted by Crippen LogP contribution is 2.17. The van der Waals surface area contributed by atoms with Gasteiger partial charge in [-0.2, -0.15) is 0 Å². The van der Waals surface area contributed by atoms with Crippen LogP contribution in [0.1, 0.15) is 52.4 Å². The Morgan fingerprint density at radius 2 is 1.94 bits per heavy atom. The molecule has 0 aromatic heterocycles. The Hall–Kier alpha value is -0.900. The van der Waals surface area contributed by atoms with Crippen LogP contribution in [-0.4, -0.2) is 30.4 Å². The number of nitrogens with one attached hydrogen (secondary N) is 1. The van der Waals surface area contributed by atoms with Crippen LogP contribution >= 0.6 is 0 Å². The van der Waals surface area contributed by atoms with Gasteiger partial charge in [-0.1, -0.05) is 13.8 Å². The zero-order valence-corrected chi connectivity index (χ0v) is 10.8. The lowest BCUT2D eigenvalue weighted by atomic mass is 9.96. The normalized spacial score (nSPS) is 17.5. The quantitative estimate of drug-likeness (QED) is 0.771. The van der Waals surface area contributed by atoms with Gasteiger partial charge < -0.3 is 10.1 Å². The molecule has 1 aliphatic carbocycles. The van der Waals surface area contributed by atoms with Crippen molar-refractivity contribution < 1.29 is 14.3 Å². The summed E-state index contributed by atoms with van der Waals surface area (Å²) in [5.41, 5.74) is 0. The van der Waals surface area contributed by atoms with Gasteiger partial charge in [-0.3, -0.25) is 9.59 Å². The van der Waals surface area contributed by atoms with Crippen LogP contribution in [0.15, 0.2) is 0 Å². The highest BCUT2D eigenvalue weighted by atomic mass is 16.5. The van der Waals surface area contributed by atoms with Gasteiger partial charge in [0.1, 0.15) is 12.4 Å². The van der Waals surface area contributed by atoms with Crippen LogP contribution in [0.4, 0.5) is 0 Å². The van der Waals surface area contributed by atoms with E-state index >= 15 is 0 Å². The first-order valence-corrected chi connectivity index (χ1v) is 6.58. The van der Waals surface area contributed by atoms with Gasteiger partial charge in [0.05, 0.1) is 6.10 Å². The third-order valence-electron chi connectivity index (χ3n) is 3.29. The van der Waals surface area contributed by atoms with E-state index in [1.807, 2.05) is 0 Å². The molecule has 1 amide bonds. The zero-order valence-electron chi connectivity index (χ0n) is 10.8. The van der Waals surface area contributed by atoms with E-state index in [1.165, 1.54) is 0 Å². The van der Waals surface area contributed by atoms with Gasteiger partial charge in [-0.05, 0) is 25.7 Å². The lowest BCUT2D eigenvalue weighted by Gasteiger charge is -2.22. The largest absolute Gasteiger partial charge is 0.368 e. The van der Waals surface area contributed by atoms with Crippen molar-refractivity contribution in [2.45, 2.75) is 64.5 Å². The number of Topliss-reactive ketones (excluding diaryl/α,β-unsaturated/α-hetero) is 1. The molecule has 0 bridgehead atoms. The average molecular weight is 241 g/mol. The number of rotatable bonds is 6. The summed E-state index contributed by atoms with van der Waals surface area (Å²) in [5.74, 6) is 0.266. The molecule has 1 rings (SSSR count). The second kappa shape index (κ2) is 7.43. The van der Waals surface area contributed by atoms with Crippen LogP contribution in [0.25, 0.3) is 0 Å². The molecule has 0 aromatic carbocycles. The Morgan fingerprint density at radius 3 is 2.47 bits per heavy atom. The molecule has 1 N–H and O–H groups in total. The predicted molar refractivity (Wildman–Crippen MR) is 65.7 cm³/mol. The summed E-state index contributed by atoms with van der Waals surface area (Å²) in [4.78, 5) is 22.6. The van der Waals surface area contributed by atoms with Crippen molar-refractivity contribution in [1.82, 2.24) is 5.32 Å². The number of ether oxygens (including phenoxy) is 1. The fourth-order valence-corrected chi connectivity index (χ4v) is 2.04. The third kappa shape index (κ3) is 5.31. The van der Waals surface area contributed by atoms with E-state index < -0.39 is 0 Å². The summed E-state index contributed by atoms with van der Waals surface area (Å²) in [7, 11) is 0. The first-order valence-electron chi connectivity index (χ1n) is 6.58. The van der Waals surface area contributed by atoms with Crippen molar-refractivity contribution in [3.05, 3.63) is 0 Å². The Balaban J connectivity index is 2.17. The molecule has 0 unspecified atom stereocenters. The molecule has 1 fully saturated rings. The minimum atomic E-state index is -0.0457. The van der Waals surface area contributed by atoms with Gasteiger partial charge in [0.2, 0.25) is 5.91 Å². The maximum atomic E-state index is 11.6. The van der Waals surface area contributed by atoms with Gasteiger partial charge in [0.15, 0.2) is 0 Å². The number of carbonyl (C=O) groups is 2. The van der Waals surface area contributed by atoms with Crippen molar-refractivity contribution in [2.24, 2.45) is 0 Å². The lowest BCUT2D eigenvalue weighted by Crippen LogP contribution is -2.37.